The van der Waals surface area contributed by atoms with E-state index >= 15 is 0 Å². The number of aryl methyl sites for hydroxylation is 1. The van der Waals surface area contributed by atoms with E-state index in [9.17, 15) is 14.6 Å². The molecule has 1 atom stereocenters. The van der Waals surface area contributed by atoms with Gasteiger partial charge in [-0.25, -0.2) is 0 Å². The summed E-state index contributed by atoms with van der Waals surface area (Å²) in [5.41, 5.74) is 1.07. The molecule has 2 rings (SSSR count). The molecular formula is C12H16FNO2. The maximum Gasteiger partial charge on any atom is 0.206 e. The summed E-state index contributed by atoms with van der Waals surface area (Å²) in [5.74, 6) is -1.63. The van der Waals surface area contributed by atoms with E-state index in [0.717, 1.165) is 25.9 Å². The SMILES string of the molecule is Cc1cc(C2CCCNC2)c(O)c(F)c1O. The zero-order valence-corrected chi connectivity index (χ0v) is 9.26. The lowest BCUT2D eigenvalue weighted by atomic mass is 9.89. The van der Waals surface area contributed by atoms with E-state index in [4.69, 9.17) is 0 Å². The third-order valence-corrected chi connectivity index (χ3v) is 3.17. The van der Waals surface area contributed by atoms with Gasteiger partial charge in [0.25, 0.3) is 0 Å². The number of nitrogens with one attached hydrogen (secondary N) is 1. The van der Waals surface area contributed by atoms with Gasteiger partial charge in [-0.05, 0) is 37.9 Å². The third-order valence-electron chi connectivity index (χ3n) is 3.17. The molecule has 1 fully saturated rings. The summed E-state index contributed by atoms with van der Waals surface area (Å²) in [6.45, 7) is 3.35. The second-order valence-corrected chi connectivity index (χ2v) is 4.34. The minimum Gasteiger partial charge on any atom is -0.505 e. The predicted octanol–water partition coefficient (Wildman–Crippen LogP) is 2.01. The van der Waals surface area contributed by atoms with E-state index in [1.54, 1.807) is 13.0 Å². The molecule has 0 amide bonds. The lowest BCUT2D eigenvalue weighted by Crippen LogP contribution is -2.28. The quantitative estimate of drug-likeness (QED) is 0.685. The first kappa shape index (κ1) is 11.2. The standard InChI is InChI=1S/C12H16FNO2/c1-7-5-9(8-3-2-4-14-6-8)12(16)10(13)11(7)15/h5,8,14-16H,2-4,6H2,1H3. The molecule has 1 heterocycles. The number of phenolic OH excluding ortho intramolecular Hbond substituents is 2. The van der Waals surface area contributed by atoms with Crippen LogP contribution in [0.25, 0.3) is 0 Å². The summed E-state index contributed by atoms with van der Waals surface area (Å²) in [4.78, 5) is 0. The van der Waals surface area contributed by atoms with E-state index < -0.39 is 17.3 Å². The molecule has 3 N–H and O–H groups in total. The largest absolute Gasteiger partial charge is 0.505 e. The predicted molar refractivity (Wildman–Crippen MR) is 59.3 cm³/mol. The number of phenols is 2. The fraction of sp³-hybridized carbons (Fsp3) is 0.500. The maximum absolute atomic E-state index is 13.5. The van der Waals surface area contributed by atoms with Crippen molar-refractivity contribution in [2.75, 3.05) is 13.1 Å². The molecule has 0 saturated carbocycles. The van der Waals surface area contributed by atoms with Crippen molar-refractivity contribution in [3.63, 3.8) is 0 Å². The summed E-state index contributed by atoms with van der Waals surface area (Å²) in [7, 11) is 0. The Balaban J connectivity index is 2.40. The Kier molecular flexibility index (Phi) is 3.01. The van der Waals surface area contributed by atoms with Crippen molar-refractivity contribution in [2.24, 2.45) is 0 Å². The third kappa shape index (κ3) is 1.85. The fourth-order valence-corrected chi connectivity index (χ4v) is 2.21. The Bertz CT molecular complexity index is 400. The highest BCUT2D eigenvalue weighted by atomic mass is 19.1. The first-order valence-electron chi connectivity index (χ1n) is 5.53. The molecule has 1 aliphatic rings. The molecule has 4 heteroatoms. The van der Waals surface area contributed by atoms with Gasteiger partial charge in [0.2, 0.25) is 5.82 Å². The number of piperidine rings is 1. The highest BCUT2D eigenvalue weighted by molar-refractivity contribution is 5.48. The van der Waals surface area contributed by atoms with Crippen molar-refractivity contribution in [1.82, 2.24) is 5.32 Å². The zero-order valence-electron chi connectivity index (χ0n) is 9.26. The lowest BCUT2D eigenvalue weighted by molar-refractivity contribution is 0.372. The van der Waals surface area contributed by atoms with Crippen molar-refractivity contribution in [1.29, 1.82) is 0 Å². The van der Waals surface area contributed by atoms with Crippen LogP contribution in [0.2, 0.25) is 0 Å². The Morgan fingerprint density at radius 1 is 1.38 bits per heavy atom. The first-order chi connectivity index (χ1) is 7.61. The van der Waals surface area contributed by atoms with Crippen LogP contribution in [0.4, 0.5) is 4.39 Å². The van der Waals surface area contributed by atoms with E-state index in [2.05, 4.69) is 5.32 Å². The van der Waals surface area contributed by atoms with Crippen LogP contribution in [0, 0.1) is 12.7 Å². The summed E-state index contributed by atoms with van der Waals surface area (Å²) in [6, 6.07) is 1.67. The van der Waals surface area contributed by atoms with Crippen LogP contribution in [0.3, 0.4) is 0 Å². The topological polar surface area (TPSA) is 52.5 Å². The molecule has 0 aromatic heterocycles. The molecule has 0 bridgehead atoms. The van der Waals surface area contributed by atoms with Crippen LogP contribution in [-0.2, 0) is 0 Å². The normalized spacial score (nSPS) is 21.0. The van der Waals surface area contributed by atoms with Crippen LogP contribution < -0.4 is 5.32 Å². The van der Waals surface area contributed by atoms with Crippen LogP contribution in [0.15, 0.2) is 6.07 Å². The van der Waals surface area contributed by atoms with E-state index in [-0.39, 0.29) is 5.92 Å². The molecule has 0 spiro atoms. The summed E-state index contributed by atoms with van der Waals surface area (Å²) in [6.07, 6.45) is 1.95. The maximum atomic E-state index is 13.5. The Labute approximate surface area is 93.9 Å². The van der Waals surface area contributed by atoms with Gasteiger partial charge >= 0.3 is 0 Å². The van der Waals surface area contributed by atoms with Crippen LogP contribution >= 0.6 is 0 Å². The summed E-state index contributed by atoms with van der Waals surface area (Å²) >= 11 is 0. The van der Waals surface area contributed by atoms with E-state index in [1.165, 1.54) is 0 Å². The number of hydrogen-bond acceptors (Lipinski definition) is 3. The average molecular weight is 225 g/mol. The minimum atomic E-state index is -0.902. The Hall–Kier alpha value is -1.29. The van der Waals surface area contributed by atoms with Crippen molar-refractivity contribution in [3.8, 4) is 11.5 Å². The second-order valence-electron chi connectivity index (χ2n) is 4.34. The number of hydrogen-bond donors (Lipinski definition) is 3. The van der Waals surface area contributed by atoms with Crippen molar-refractivity contribution in [2.45, 2.75) is 25.7 Å². The molecule has 88 valence electrons. The molecule has 0 aliphatic carbocycles. The lowest BCUT2D eigenvalue weighted by Gasteiger charge is -2.24. The molecule has 1 unspecified atom stereocenters. The van der Waals surface area contributed by atoms with Gasteiger partial charge in [0.15, 0.2) is 11.5 Å². The second kappa shape index (κ2) is 4.29. The van der Waals surface area contributed by atoms with E-state index in [0.29, 0.717) is 11.1 Å². The molecule has 3 nitrogen and oxygen atoms in total. The number of rotatable bonds is 1. The molecule has 1 aromatic carbocycles. The zero-order chi connectivity index (χ0) is 11.7. The van der Waals surface area contributed by atoms with Gasteiger partial charge in [-0.15, -0.1) is 0 Å². The molecule has 0 radical (unpaired) electrons. The van der Waals surface area contributed by atoms with Gasteiger partial charge in [-0.3, -0.25) is 0 Å². The number of aromatic hydroxyl groups is 2. The van der Waals surface area contributed by atoms with Crippen LogP contribution in [0.5, 0.6) is 11.5 Å². The average Bonchev–Trinajstić information content (AvgIpc) is 2.32. The van der Waals surface area contributed by atoms with Gasteiger partial charge < -0.3 is 15.5 Å². The van der Waals surface area contributed by atoms with Crippen LogP contribution in [0.1, 0.15) is 29.9 Å². The van der Waals surface area contributed by atoms with Gasteiger partial charge in [0, 0.05) is 18.0 Å². The van der Waals surface area contributed by atoms with Gasteiger partial charge in [0.05, 0.1) is 0 Å². The van der Waals surface area contributed by atoms with Gasteiger partial charge in [0.1, 0.15) is 0 Å². The smallest absolute Gasteiger partial charge is 0.206 e. The Morgan fingerprint density at radius 3 is 2.75 bits per heavy atom. The molecule has 1 aromatic rings. The molecular weight excluding hydrogens is 209 g/mol. The summed E-state index contributed by atoms with van der Waals surface area (Å²) in [5, 5.41) is 22.3. The number of benzene rings is 1. The fourth-order valence-electron chi connectivity index (χ4n) is 2.21. The molecule has 16 heavy (non-hydrogen) atoms. The summed E-state index contributed by atoms with van der Waals surface area (Å²) < 4.78 is 13.5. The molecule has 1 saturated heterocycles. The van der Waals surface area contributed by atoms with Crippen molar-refractivity contribution < 1.29 is 14.6 Å². The van der Waals surface area contributed by atoms with Crippen molar-refractivity contribution in [3.05, 3.63) is 23.0 Å². The highest BCUT2D eigenvalue weighted by Crippen LogP contribution is 2.37. The minimum absolute atomic E-state index is 0.127. The first-order valence-corrected chi connectivity index (χ1v) is 5.53. The van der Waals surface area contributed by atoms with E-state index in [1.807, 2.05) is 0 Å². The number of halogens is 1. The van der Waals surface area contributed by atoms with Crippen LogP contribution in [-0.4, -0.2) is 23.3 Å². The van der Waals surface area contributed by atoms with Gasteiger partial charge in [-0.2, -0.15) is 4.39 Å². The highest BCUT2D eigenvalue weighted by Gasteiger charge is 2.23. The van der Waals surface area contributed by atoms with Crippen molar-refractivity contribution >= 4 is 0 Å². The van der Waals surface area contributed by atoms with Gasteiger partial charge in [-0.1, -0.05) is 0 Å². The molecule has 1 aliphatic heterocycles. The monoisotopic (exact) mass is 225 g/mol. The Morgan fingerprint density at radius 2 is 2.12 bits per heavy atom.